The van der Waals surface area contributed by atoms with E-state index in [2.05, 4.69) is 26.6 Å². The first-order valence-corrected chi connectivity index (χ1v) is 6.79. The lowest BCUT2D eigenvalue weighted by atomic mass is 10.2. The van der Waals surface area contributed by atoms with E-state index in [1.807, 2.05) is 13.8 Å². The smallest absolute Gasteiger partial charge is 0.337 e. The van der Waals surface area contributed by atoms with Crippen LogP contribution < -0.4 is 10.6 Å². The summed E-state index contributed by atoms with van der Waals surface area (Å²) in [6.45, 7) is 4.15. The van der Waals surface area contributed by atoms with E-state index in [9.17, 15) is 9.59 Å². The second-order valence-electron chi connectivity index (χ2n) is 4.23. The number of anilines is 1. The molecule has 1 unspecified atom stereocenters. The van der Waals surface area contributed by atoms with Gasteiger partial charge in [-0.05, 0) is 31.5 Å². The van der Waals surface area contributed by atoms with Gasteiger partial charge in [-0.15, -0.1) is 0 Å². The first kappa shape index (κ1) is 15.7. The molecule has 0 heterocycles. The van der Waals surface area contributed by atoms with Gasteiger partial charge >= 0.3 is 5.97 Å². The van der Waals surface area contributed by atoms with Gasteiger partial charge < -0.3 is 15.7 Å². The number of benzene rings is 1. The summed E-state index contributed by atoms with van der Waals surface area (Å²) in [7, 11) is 0. The maximum Gasteiger partial charge on any atom is 0.337 e. The molecule has 1 rings (SSSR count). The molecule has 3 N–H and O–H groups in total. The third kappa shape index (κ3) is 5.00. The topological polar surface area (TPSA) is 78.4 Å². The number of hydrogen-bond donors (Lipinski definition) is 3. The van der Waals surface area contributed by atoms with Crippen molar-refractivity contribution in [3.63, 3.8) is 0 Å². The van der Waals surface area contributed by atoms with Crippen molar-refractivity contribution in [1.29, 1.82) is 0 Å². The number of carbonyl (C=O) groups is 2. The molecule has 0 spiro atoms. The van der Waals surface area contributed by atoms with E-state index in [0.717, 1.165) is 6.42 Å². The number of carboxylic acids is 1. The minimum absolute atomic E-state index is 0.0695. The molecule has 104 valence electrons. The maximum absolute atomic E-state index is 11.7. The van der Waals surface area contributed by atoms with Crippen molar-refractivity contribution >= 4 is 33.5 Å². The van der Waals surface area contributed by atoms with Crippen molar-refractivity contribution in [3.8, 4) is 0 Å². The average molecular weight is 329 g/mol. The Hall–Kier alpha value is -1.40. The number of aromatic carboxylic acids is 1. The van der Waals surface area contributed by atoms with Crippen LogP contribution in [0.5, 0.6) is 0 Å². The predicted molar refractivity (Wildman–Crippen MR) is 77.5 cm³/mol. The van der Waals surface area contributed by atoms with Crippen LogP contribution in [0.4, 0.5) is 5.69 Å². The van der Waals surface area contributed by atoms with Crippen molar-refractivity contribution in [3.05, 3.63) is 28.2 Å². The molecule has 0 saturated carbocycles. The first-order valence-electron chi connectivity index (χ1n) is 6.00. The fourth-order valence-corrected chi connectivity index (χ4v) is 1.77. The van der Waals surface area contributed by atoms with Crippen LogP contribution in [0.2, 0.25) is 0 Å². The molecule has 0 aliphatic heterocycles. The van der Waals surface area contributed by atoms with E-state index in [1.165, 1.54) is 6.07 Å². The molecular weight excluding hydrogens is 312 g/mol. The van der Waals surface area contributed by atoms with Crippen LogP contribution in [-0.2, 0) is 4.79 Å². The Kier molecular flexibility index (Phi) is 5.98. The Bertz CT molecular complexity index is 477. The predicted octanol–water partition coefficient (Wildman–Crippen LogP) is 2.47. The molecule has 1 amide bonds. The van der Waals surface area contributed by atoms with Gasteiger partial charge in [-0.1, -0.05) is 22.9 Å². The summed E-state index contributed by atoms with van der Waals surface area (Å²) in [6, 6.07) is 4.89. The second kappa shape index (κ2) is 7.25. The Morgan fingerprint density at radius 1 is 1.42 bits per heavy atom. The van der Waals surface area contributed by atoms with Crippen molar-refractivity contribution < 1.29 is 14.7 Å². The summed E-state index contributed by atoms with van der Waals surface area (Å²) >= 11 is 3.25. The van der Waals surface area contributed by atoms with Gasteiger partial charge in [0, 0.05) is 10.5 Å². The zero-order valence-electron chi connectivity index (χ0n) is 10.9. The highest BCUT2D eigenvalue weighted by atomic mass is 79.9. The van der Waals surface area contributed by atoms with E-state index in [4.69, 9.17) is 5.11 Å². The summed E-state index contributed by atoms with van der Waals surface area (Å²) in [5.74, 6) is -1.33. The zero-order chi connectivity index (χ0) is 14.4. The number of carbonyl (C=O) groups excluding carboxylic acids is 1. The lowest BCUT2D eigenvalue weighted by Gasteiger charge is -2.12. The third-order valence-corrected chi connectivity index (χ3v) is 3.20. The molecule has 5 nitrogen and oxygen atoms in total. The Balaban J connectivity index is 2.73. The summed E-state index contributed by atoms with van der Waals surface area (Å²) < 4.78 is 0.711. The van der Waals surface area contributed by atoms with E-state index in [0.29, 0.717) is 4.47 Å². The normalized spacial score (nSPS) is 11.9. The summed E-state index contributed by atoms with van der Waals surface area (Å²) in [5.41, 5.74) is 0.359. The molecule has 1 aromatic rings. The number of carboxylic acid groups (broad SMARTS) is 1. The van der Waals surface area contributed by atoms with Gasteiger partial charge in [0.15, 0.2) is 0 Å². The largest absolute Gasteiger partial charge is 0.478 e. The fraction of sp³-hybridized carbons (Fsp3) is 0.385. The van der Waals surface area contributed by atoms with Crippen molar-refractivity contribution in [2.45, 2.75) is 26.3 Å². The molecule has 1 aromatic carbocycles. The molecule has 0 saturated heterocycles. The molecule has 6 heteroatoms. The van der Waals surface area contributed by atoms with E-state index in [1.54, 1.807) is 12.1 Å². The second-order valence-corrected chi connectivity index (χ2v) is 5.15. The highest BCUT2D eigenvalue weighted by Crippen LogP contribution is 2.21. The van der Waals surface area contributed by atoms with Crippen LogP contribution in [0.25, 0.3) is 0 Å². The third-order valence-electron chi connectivity index (χ3n) is 2.71. The van der Waals surface area contributed by atoms with Gasteiger partial charge in [0.05, 0.1) is 17.8 Å². The summed E-state index contributed by atoms with van der Waals surface area (Å²) in [5, 5.41) is 14.7. The van der Waals surface area contributed by atoms with Crippen molar-refractivity contribution in [2.75, 3.05) is 11.9 Å². The summed E-state index contributed by atoms with van der Waals surface area (Å²) in [6.07, 6.45) is 0.921. The highest BCUT2D eigenvalue weighted by Gasteiger charge is 2.13. The van der Waals surface area contributed by atoms with Gasteiger partial charge in [0.2, 0.25) is 5.91 Å². The molecule has 0 bridgehead atoms. The molecule has 0 fully saturated rings. The SMILES string of the molecule is CCC(C)NCC(=O)Nc1cc(Br)ccc1C(=O)O. The van der Waals surface area contributed by atoms with E-state index >= 15 is 0 Å². The van der Waals surface area contributed by atoms with Crippen LogP contribution in [0, 0.1) is 0 Å². The molecular formula is C13H17BrN2O3. The standard InChI is InChI=1S/C13H17BrN2O3/c1-3-8(2)15-7-12(17)16-11-6-9(14)4-5-10(11)13(18)19/h4-6,8,15H,3,7H2,1-2H3,(H,16,17)(H,18,19). The Morgan fingerprint density at radius 2 is 2.11 bits per heavy atom. The highest BCUT2D eigenvalue weighted by molar-refractivity contribution is 9.10. The fourth-order valence-electron chi connectivity index (χ4n) is 1.41. The summed E-state index contributed by atoms with van der Waals surface area (Å²) in [4.78, 5) is 22.8. The van der Waals surface area contributed by atoms with Gasteiger partial charge in [0.1, 0.15) is 0 Å². The molecule has 0 aliphatic rings. The molecule has 0 aromatic heterocycles. The monoisotopic (exact) mass is 328 g/mol. The average Bonchev–Trinajstić information content (AvgIpc) is 2.35. The number of halogens is 1. The first-order chi connectivity index (χ1) is 8.93. The Labute approximate surface area is 120 Å². The number of nitrogens with one attached hydrogen (secondary N) is 2. The molecule has 0 radical (unpaired) electrons. The van der Waals surface area contributed by atoms with Crippen molar-refractivity contribution in [2.24, 2.45) is 0 Å². The van der Waals surface area contributed by atoms with Gasteiger partial charge in [-0.25, -0.2) is 4.79 Å². The minimum atomic E-state index is -1.07. The lowest BCUT2D eigenvalue weighted by molar-refractivity contribution is -0.115. The van der Waals surface area contributed by atoms with Crippen LogP contribution in [0.3, 0.4) is 0 Å². The van der Waals surface area contributed by atoms with E-state index < -0.39 is 5.97 Å². The number of hydrogen-bond acceptors (Lipinski definition) is 3. The zero-order valence-corrected chi connectivity index (χ0v) is 12.5. The van der Waals surface area contributed by atoms with Crippen LogP contribution >= 0.6 is 15.9 Å². The van der Waals surface area contributed by atoms with Crippen LogP contribution in [-0.4, -0.2) is 29.6 Å². The molecule has 19 heavy (non-hydrogen) atoms. The van der Waals surface area contributed by atoms with Crippen molar-refractivity contribution in [1.82, 2.24) is 5.32 Å². The Morgan fingerprint density at radius 3 is 2.68 bits per heavy atom. The quantitative estimate of drug-likeness (QED) is 0.749. The van der Waals surface area contributed by atoms with Gasteiger partial charge in [0.25, 0.3) is 0 Å². The number of amides is 1. The van der Waals surface area contributed by atoms with Gasteiger partial charge in [-0.2, -0.15) is 0 Å². The minimum Gasteiger partial charge on any atom is -0.478 e. The molecule has 0 aliphatic carbocycles. The van der Waals surface area contributed by atoms with Gasteiger partial charge in [-0.3, -0.25) is 4.79 Å². The lowest BCUT2D eigenvalue weighted by Crippen LogP contribution is -2.34. The molecule has 1 atom stereocenters. The van der Waals surface area contributed by atoms with Crippen LogP contribution in [0.1, 0.15) is 30.6 Å². The maximum atomic E-state index is 11.7. The van der Waals surface area contributed by atoms with Crippen LogP contribution in [0.15, 0.2) is 22.7 Å². The number of rotatable bonds is 6. The van der Waals surface area contributed by atoms with E-state index in [-0.39, 0.29) is 29.7 Å².